The average Bonchev–Trinajstić information content (AvgIpc) is 3.03. The molecule has 0 bridgehead atoms. The highest BCUT2D eigenvalue weighted by atomic mass is 32.2. The summed E-state index contributed by atoms with van der Waals surface area (Å²) in [6.07, 6.45) is 2.38. The Hall–Kier alpha value is -2.27. The molecule has 22 heavy (non-hydrogen) atoms. The molecule has 4 nitrogen and oxygen atoms in total. The van der Waals surface area contributed by atoms with E-state index in [1.807, 2.05) is 38.1 Å². The topological polar surface area (TPSA) is 50.5 Å². The van der Waals surface area contributed by atoms with Gasteiger partial charge < -0.3 is 4.42 Å². The van der Waals surface area contributed by atoms with Gasteiger partial charge in [-0.25, -0.2) is 4.90 Å². The summed E-state index contributed by atoms with van der Waals surface area (Å²) in [7, 11) is 0. The van der Waals surface area contributed by atoms with Gasteiger partial charge in [-0.3, -0.25) is 9.59 Å². The Morgan fingerprint density at radius 1 is 1.18 bits per heavy atom. The number of carbonyl (C=O) groups excluding carboxylic acids is 2. The predicted molar refractivity (Wildman–Crippen MR) is 87.7 cm³/mol. The third-order valence-corrected chi connectivity index (χ3v) is 4.31. The van der Waals surface area contributed by atoms with Crippen molar-refractivity contribution >= 4 is 34.7 Å². The summed E-state index contributed by atoms with van der Waals surface area (Å²) in [6, 6.07) is 11.1. The number of thioether (sulfide) groups is 1. The van der Waals surface area contributed by atoms with Crippen molar-refractivity contribution in [1.82, 2.24) is 0 Å². The number of imide groups is 1. The molecule has 112 valence electrons. The average molecular weight is 313 g/mol. The molecule has 1 aliphatic rings. The van der Waals surface area contributed by atoms with E-state index in [2.05, 4.69) is 0 Å². The molecule has 0 N–H and O–H groups in total. The van der Waals surface area contributed by atoms with Crippen molar-refractivity contribution in [2.45, 2.75) is 20.3 Å². The van der Waals surface area contributed by atoms with Crippen molar-refractivity contribution in [2.75, 3.05) is 4.90 Å². The standard InChI is InChI=1S/C17H15NO3S/c1-3-12-6-4-5-7-14(12)18-16(19)15(22-17(18)20)10-13-9-8-11(2)21-13/h4-10H,3H2,1-2H3/b15-10+. The van der Waals surface area contributed by atoms with E-state index in [0.29, 0.717) is 16.4 Å². The van der Waals surface area contributed by atoms with Gasteiger partial charge in [0.25, 0.3) is 11.1 Å². The number of carbonyl (C=O) groups is 2. The first-order valence-corrected chi connectivity index (χ1v) is 7.84. The van der Waals surface area contributed by atoms with Crippen molar-refractivity contribution in [1.29, 1.82) is 0 Å². The first kappa shape index (κ1) is 14.7. The number of furan rings is 1. The number of benzene rings is 1. The number of para-hydroxylation sites is 1. The van der Waals surface area contributed by atoms with E-state index in [1.165, 1.54) is 4.90 Å². The Labute approximate surface area is 132 Å². The van der Waals surface area contributed by atoms with Gasteiger partial charge in [0.05, 0.1) is 10.6 Å². The minimum absolute atomic E-state index is 0.277. The zero-order valence-corrected chi connectivity index (χ0v) is 13.1. The van der Waals surface area contributed by atoms with E-state index in [1.54, 1.807) is 18.2 Å². The maximum absolute atomic E-state index is 12.6. The maximum Gasteiger partial charge on any atom is 0.298 e. The smallest absolute Gasteiger partial charge is 0.298 e. The monoisotopic (exact) mass is 313 g/mol. The van der Waals surface area contributed by atoms with Crippen molar-refractivity contribution in [3.05, 3.63) is 58.4 Å². The number of rotatable bonds is 3. The molecule has 0 spiro atoms. The Bertz CT molecular complexity index is 776. The first-order valence-electron chi connectivity index (χ1n) is 7.02. The Morgan fingerprint density at radius 3 is 2.64 bits per heavy atom. The van der Waals surface area contributed by atoms with E-state index >= 15 is 0 Å². The van der Waals surface area contributed by atoms with E-state index < -0.39 is 0 Å². The van der Waals surface area contributed by atoms with Crippen LogP contribution < -0.4 is 4.90 Å². The molecule has 0 atom stereocenters. The summed E-state index contributed by atoms with van der Waals surface area (Å²) in [4.78, 5) is 26.4. The SMILES string of the molecule is CCc1ccccc1N1C(=O)S/C(=C/c2ccc(C)o2)C1=O. The van der Waals surface area contributed by atoms with E-state index in [0.717, 1.165) is 29.5 Å². The molecule has 2 heterocycles. The summed E-state index contributed by atoms with van der Waals surface area (Å²) in [5.41, 5.74) is 1.63. The number of hydrogen-bond donors (Lipinski definition) is 0. The highest BCUT2D eigenvalue weighted by molar-refractivity contribution is 8.19. The van der Waals surface area contributed by atoms with Crippen LogP contribution in [0, 0.1) is 6.92 Å². The lowest BCUT2D eigenvalue weighted by molar-refractivity contribution is -0.113. The predicted octanol–water partition coefficient (Wildman–Crippen LogP) is 4.39. The summed E-state index contributed by atoms with van der Waals surface area (Å²) < 4.78 is 5.44. The molecular formula is C17H15NO3S. The van der Waals surface area contributed by atoms with E-state index in [-0.39, 0.29) is 11.1 Å². The molecule has 1 saturated heterocycles. The lowest BCUT2D eigenvalue weighted by Crippen LogP contribution is -2.28. The summed E-state index contributed by atoms with van der Waals surface area (Å²) in [5, 5.41) is -0.277. The highest BCUT2D eigenvalue weighted by Gasteiger charge is 2.37. The molecule has 0 saturated carbocycles. The van der Waals surface area contributed by atoms with Gasteiger partial charge in [0.15, 0.2) is 0 Å². The van der Waals surface area contributed by atoms with Gasteiger partial charge in [-0.1, -0.05) is 25.1 Å². The van der Waals surface area contributed by atoms with Gasteiger partial charge in [-0.2, -0.15) is 0 Å². The zero-order chi connectivity index (χ0) is 15.7. The molecular weight excluding hydrogens is 298 g/mol. The van der Waals surface area contributed by atoms with Gasteiger partial charge >= 0.3 is 0 Å². The molecule has 1 aliphatic heterocycles. The highest BCUT2D eigenvalue weighted by Crippen LogP contribution is 2.37. The van der Waals surface area contributed by atoms with E-state index in [4.69, 9.17) is 4.42 Å². The minimum atomic E-state index is -0.301. The van der Waals surface area contributed by atoms with Crippen LogP contribution in [0.3, 0.4) is 0 Å². The summed E-state index contributed by atoms with van der Waals surface area (Å²) in [5.74, 6) is 1.04. The fourth-order valence-corrected chi connectivity index (χ4v) is 3.18. The van der Waals surface area contributed by atoms with Crippen LogP contribution in [0.4, 0.5) is 10.5 Å². The van der Waals surface area contributed by atoms with Crippen molar-refractivity contribution in [3.63, 3.8) is 0 Å². The third-order valence-electron chi connectivity index (χ3n) is 3.44. The summed E-state index contributed by atoms with van der Waals surface area (Å²) in [6.45, 7) is 3.83. The fraction of sp³-hybridized carbons (Fsp3) is 0.176. The van der Waals surface area contributed by atoms with Crippen LogP contribution in [0.1, 0.15) is 24.0 Å². The van der Waals surface area contributed by atoms with Crippen LogP contribution in [-0.2, 0) is 11.2 Å². The number of aryl methyl sites for hydroxylation is 2. The van der Waals surface area contributed by atoms with Gasteiger partial charge in [0.2, 0.25) is 0 Å². The van der Waals surface area contributed by atoms with Crippen LogP contribution >= 0.6 is 11.8 Å². The van der Waals surface area contributed by atoms with Gasteiger partial charge in [-0.15, -0.1) is 0 Å². The lowest BCUT2D eigenvalue weighted by Gasteiger charge is -2.16. The Morgan fingerprint density at radius 2 is 1.95 bits per heavy atom. The Balaban J connectivity index is 1.97. The van der Waals surface area contributed by atoms with Crippen molar-refractivity contribution in [2.24, 2.45) is 0 Å². The second kappa shape index (κ2) is 5.85. The normalized spacial score (nSPS) is 16.8. The quantitative estimate of drug-likeness (QED) is 0.789. The van der Waals surface area contributed by atoms with Gasteiger partial charge in [-0.05, 0) is 48.9 Å². The van der Waals surface area contributed by atoms with Gasteiger partial charge in [0, 0.05) is 6.08 Å². The Kier molecular flexibility index (Phi) is 3.90. The number of nitrogens with zero attached hydrogens (tertiary/aromatic N) is 1. The molecule has 2 aromatic rings. The number of anilines is 1. The molecule has 0 unspecified atom stereocenters. The molecule has 0 radical (unpaired) electrons. The second-order valence-corrected chi connectivity index (χ2v) is 5.94. The lowest BCUT2D eigenvalue weighted by atomic mass is 10.1. The first-order chi connectivity index (χ1) is 10.6. The van der Waals surface area contributed by atoms with Crippen molar-refractivity contribution in [3.8, 4) is 0 Å². The number of amides is 2. The number of hydrogen-bond acceptors (Lipinski definition) is 4. The molecule has 2 amide bonds. The fourth-order valence-electron chi connectivity index (χ4n) is 2.36. The van der Waals surface area contributed by atoms with Crippen LogP contribution in [0.25, 0.3) is 6.08 Å². The van der Waals surface area contributed by atoms with Gasteiger partial charge in [0.1, 0.15) is 11.5 Å². The van der Waals surface area contributed by atoms with Crippen LogP contribution in [-0.4, -0.2) is 11.1 Å². The van der Waals surface area contributed by atoms with E-state index in [9.17, 15) is 9.59 Å². The molecule has 1 aromatic heterocycles. The van der Waals surface area contributed by atoms with Crippen molar-refractivity contribution < 1.29 is 14.0 Å². The summed E-state index contributed by atoms with van der Waals surface area (Å²) >= 11 is 0.938. The van der Waals surface area contributed by atoms with Crippen LogP contribution in [0.2, 0.25) is 0 Å². The molecule has 1 fully saturated rings. The molecule has 0 aliphatic carbocycles. The maximum atomic E-state index is 12.6. The second-order valence-electron chi connectivity index (χ2n) is 4.95. The zero-order valence-electron chi connectivity index (χ0n) is 12.3. The minimum Gasteiger partial charge on any atom is -0.462 e. The molecule has 3 rings (SSSR count). The molecule has 5 heteroatoms. The third kappa shape index (κ3) is 2.60. The largest absolute Gasteiger partial charge is 0.462 e. The van der Waals surface area contributed by atoms with Crippen LogP contribution in [0.5, 0.6) is 0 Å². The molecule has 1 aromatic carbocycles. The van der Waals surface area contributed by atoms with Crippen LogP contribution in [0.15, 0.2) is 45.7 Å².